The molecule has 2 aromatic carbocycles. The lowest BCUT2D eigenvalue weighted by atomic mass is 10.0. The van der Waals surface area contributed by atoms with Crippen LogP contribution in [0, 0.1) is 0 Å². The number of nitrogens with zero attached hydrogens (tertiary/aromatic N) is 2. The molecule has 0 fully saturated rings. The molecule has 1 aliphatic heterocycles. The van der Waals surface area contributed by atoms with Gasteiger partial charge in [-0.3, -0.25) is 0 Å². The lowest BCUT2D eigenvalue weighted by Gasteiger charge is -2.05. The Hall–Kier alpha value is -2.64. The maximum absolute atomic E-state index is 10.5. The van der Waals surface area contributed by atoms with E-state index in [4.69, 9.17) is 9.83 Å². The molecule has 1 aliphatic rings. The number of halogens is 1. The Morgan fingerprint density at radius 2 is 2.12 bits per heavy atom. The van der Waals surface area contributed by atoms with Crippen LogP contribution >= 0.6 is 15.9 Å². The van der Waals surface area contributed by atoms with Gasteiger partial charge >= 0.3 is 0 Å². The van der Waals surface area contributed by atoms with Gasteiger partial charge in [0.2, 0.25) is 0 Å². The monoisotopic (exact) mass is 412 g/mol. The summed E-state index contributed by atoms with van der Waals surface area (Å²) in [7, 11) is 1.86. The number of aromatic amines is 1. The molecule has 0 aliphatic carbocycles. The zero-order valence-corrected chi connectivity index (χ0v) is 15.7. The van der Waals surface area contributed by atoms with Crippen molar-refractivity contribution >= 4 is 43.9 Å². The number of aromatic nitrogens is 1. The minimum Gasteiger partial charge on any atom is -0.494 e. The number of oxime groups is 1. The van der Waals surface area contributed by atoms with Crippen LogP contribution in [0.3, 0.4) is 0 Å². The van der Waals surface area contributed by atoms with Gasteiger partial charge in [0.25, 0.3) is 0 Å². The maximum atomic E-state index is 10.5. The van der Waals surface area contributed by atoms with E-state index in [2.05, 4.69) is 31.4 Å². The first-order valence-corrected chi connectivity index (χ1v) is 9.02. The minimum absolute atomic E-state index is 0.0626. The third-order valence-electron chi connectivity index (χ3n) is 4.19. The Bertz CT molecular complexity index is 1040. The summed E-state index contributed by atoms with van der Waals surface area (Å²) in [5, 5.41) is 18.7. The zero-order valence-electron chi connectivity index (χ0n) is 14.1. The van der Waals surface area contributed by atoms with Crippen LogP contribution < -0.4 is 5.32 Å². The summed E-state index contributed by atoms with van der Waals surface area (Å²) >= 11 is 3.49. The van der Waals surface area contributed by atoms with Crippen LogP contribution in [0.5, 0.6) is 5.88 Å². The fourth-order valence-corrected chi connectivity index (χ4v) is 3.35. The zero-order chi connectivity index (χ0) is 18.1. The Morgan fingerprint density at radius 3 is 2.96 bits per heavy atom. The summed E-state index contributed by atoms with van der Waals surface area (Å²) in [6, 6.07) is 13.5. The molecule has 0 radical (unpaired) electrons. The Labute approximate surface area is 158 Å². The molecule has 0 amide bonds. The summed E-state index contributed by atoms with van der Waals surface area (Å²) in [5.41, 5.74) is 4.35. The van der Waals surface area contributed by atoms with Crippen molar-refractivity contribution < 1.29 is 9.94 Å². The van der Waals surface area contributed by atoms with Crippen LogP contribution in [0.4, 0.5) is 5.69 Å². The number of benzene rings is 2. The van der Waals surface area contributed by atoms with E-state index in [-0.39, 0.29) is 5.88 Å². The maximum Gasteiger partial charge on any atom is 0.199 e. The van der Waals surface area contributed by atoms with Gasteiger partial charge in [-0.25, -0.2) is 4.99 Å². The summed E-state index contributed by atoms with van der Waals surface area (Å²) in [6.45, 7) is 1.14. The number of H-pyrrole nitrogens is 1. The first-order chi connectivity index (χ1) is 12.7. The summed E-state index contributed by atoms with van der Waals surface area (Å²) in [6.07, 6.45) is 0. The fourth-order valence-electron chi connectivity index (χ4n) is 2.99. The molecular weight excluding hydrogens is 396 g/mol. The quantitative estimate of drug-likeness (QED) is 0.441. The molecule has 3 N–H and O–H groups in total. The first kappa shape index (κ1) is 16.8. The molecule has 6 nitrogen and oxygen atoms in total. The van der Waals surface area contributed by atoms with E-state index in [1.54, 1.807) is 0 Å². The summed E-state index contributed by atoms with van der Waals surface area (Å²) in [4.78, 5) is 13.2. The smallest absolute Gasteiger partial charge is 0.199 e. The first-order valence-electron chi connectivity index (χ1n) is 8.22. The lowest BCUT2D eigenvalue weighted by molar-refractivity contribution is 0.148. The predicted octanol–water partition coefficient (Wildman–Crippen LogP) is 3.71. The average Bonchev–Trinajstić information content (AvgIpc) is 3.15. The van der Waals surface area contributed by atoms with Crippen molar-refractivity contribution in [3.05, 3.63) is 58.1 Å². The Morgan fingerprint density at radius 1 is 1.27 bits per heavy atom. The third-order valence-corrected chi connectivity index (χ3v) is 4.69. The van der Waals surface area contributed by atoms with E-state index in [1.165, 1.54) is 0 Å². The van der Waals surface area contributed by atoms with E-state index in [9.17, 15) is 5.11 Å². The second-order valence-electron chi connectivity index (χ2n) is 5.89. The molecule has 7 heteroatoms. The molecule has 1 aromatic heterocycles. The predicted molar refractivity (Wildman–Crippen MR) is 107 cm³/mol. The van der Waals surface area contributed by atoms with Crippen LogP contribution in [0.15, 0.2) is 57.1 Å². The fraction of sp³-hybridized carbons (Fsp3) is 0.158. The molecule has 4 rings (SSSR count). The van der Waals surface area contributed by atoms with Crippen LogP contribution in [-0.2, 0) is 4.84 Å². The van der Waals surface area contributed by atoms with Crippen molar-refractivity contribution in [2.75, 3.05) is 20.2 Å². The molecule has 0 bridgehead atoms. The van der Waals surface area contributed by atoms with Crippen LogP contribution in [0.25, 0.3) is 10.9 Å². The normalized spacial score (nSPS) is 14.7. The van der Waals surface area contributed by atoms with Crippen LogP contribution in [0.2, 0.25) is 0 Å². The van der Waals surface area contributed by atoms with Gasteiger partial charge in [-0.2, -0.15) is 0 Å². The van der Waals surface area contributed by atoms with E-state index < -0.39 is 0 Å². The van der Waals surface area contributed by atoms with Gasteiger partial charge in [-0.05, 0) is 31.3 Å². The topological polar surface area (TPSA) is 82.0 Å². The highest BCUT2D eigenvalue weighted by atomic mass is 79.9. The SMILES string of the molecule is CNCCON=C1C(c2c(O)[nH]c3ccc(Br)cc23)=Nc2ccccc21. The Balaban J connectivity index is 1.85. The number of para-hydroxylation sites is 1. The van der Waals surface area contributed by atoms with Crippen molar-refractivity contribution in [3.63, 3.8) is 0 Å². The lowest BCUT2D eigenvalue weighted by Crippen LogP contribution is -2.16. The van der Waals surface area contributed by atoms with Gasteiger partial charge in [0, 0.05) is 27.5 Å². The van der Waals surface area contributed by atoms with Gasteiger partial charge in [-0.15, -0.1) is 0 Å². The van der Waals surface area contributed by atoms with Crippen molar-refractivity contribution in [3.8, 4) is 5.88 Å². The van der Waals surface area contributed by atoms with Crippen molar-refractivity contribution in [1.29, 1.82) is 0 Å². The van der Waals surface area contributed by atoms with E-state index in [1.807, 2.05) is 49.5 Å². The highest BCUT2D eigenvalue weighted by Crippen LogP contribution is 2.36. The number of aromatic hydroxyl groups is 1. The van der Waals surface area contributed by atoms with Gasteiger partial charge < -0.3 is 20.2 Å². The molecule has 0 atom stereocenters. The molecule has 0 spiro atoms. The van der Waals surface area contributed by atoms with Gasteiger partial charge in [0.05, 0.1) is 11.3 Å². The molecule has 0 unspecified atom stereocenters. The second-order valence-corrected chi connectivity index (χ2v) is 6.81. The number of fused-ring (bicyclic) bond motifs is 2. The number of aliphatic imine (C=N–C) groups is 1. The summed E-state index contributed by atoms with van der Waals surface area (Å²) < 4.78 is 0.921. The van der Waals surface area contributed by atoms with E-state index in [0.29, 0.717) is 30.1 Å². The third kappa shape index (κ3) is 2.89. The summed E-state index contributed by atoms with van der Waals surface area (Å²) in [5.74, 6) is 0.0626. The molecule has 132 valence electrons. The second kappa shape index (κ2) is 6.93. The Kier molecular flexibility index (Phi) is 4.48. The molecule has 2 heterocycles. The number of likely N-dealkylation sites (N-methyl/N-ethyl adjacent to an activating group) is 1. The molecule has 0 saturated heterocycles. The number of rotatable bonds is 5. The number of hydrogen-bond acceptors (Lipinski definition) is 5. The van der Waals surface area contributed by atoms with Crippen LogP contribution in [-0.4, -0.2) is 41.7 Å². The van der Waals surface area contributed by atoms with Gasteiger partial charge in [0.1, 0.15) is 18.0 Å². The number of nitrogens with one attached hydrogen (secondary N) is 2. The van der Waals surface area contributed by atoms with Gasteiger partial charge in [-0.1, -0.05) is 39.3 Å². The van der Waals surface area contributed by atoms with E-state index in [0.717, 1.165) is 26.6 Å². The minimum atomic E-state index is 0.0626. The standard InChI is InChI=1S/C19H17BrN4O2/c1-21-8-9-26-24-17-12-4-2-3-5-14(12)22-18(17)16-13-10-11(20)6-7-15(13)23-19(16)25/h2-7,10,21,23,25H,8-9H2,1H3. The van der Waals surface area contributed by atoms with Gasteiger partial charge in [0.15, 0.2) is 5.88 Å². The molecule has 26 heavy (non-hydrogen) atoms. The van der Waals surface area contributed by atoms with Crippen LogP contribution in [0.1, 0.15) is 11.1 Å². The molecule has 3 aromatic rings. The average molecular weight is 413 g/mol. The largest absolute Gasteiger partial charge is 0.494 e. The van der Waals surface area contributed by atoms with Crippen molar-refractivity contribution in [1.82, 2.24) is 10.3 Å². The number of hydrogen-bond donors (Lipinski definition) is 3. The highest BCUT2D eigenvalue weighted by Gasteiger charge is 2.29. The van der Waals surface area contributed by atoms with E-state index >= 15 is 0 Å². The highest BCUT2D eigenvalue weighted by molar-refractivity contribution is 9.10. The van der Waals surface area contributed by atoms with Crippen molar-refractivity contribution in [2.45, 2.75) is 0 Å². The molecular formula is C19H17BrN4O2. The van der Waals surface area contributed by atoms with Crippen molar-refractivity contribution in [2.24, 2.45) is 10.1 Å². The molecule has 0 saturated carbocycles.